The highest BCUT2D eigenvalue weighted by atomic mass is 16.6. The number of nitro groups is 1. The van der Waals surface area contributed by atoms with E-state index in [2.05, 4.69) is 5.43 Å². The van der Waals surface area contributed by atoms with Crippen molar-refractivity contribution < 1.29 is 4.92 Å². The van der Waals surface area contributed by atoms with E-state index < -0.39 is 4.92 Å². The fourth-order valence-corrected chi connectivity index (χ4v) is 2.10. The van der Waals surface area contributed by atoms with Gasteiger partial charge in [0.2, 0.25) is 0 Å². The number of nitrogens with zero attached hydrogens (tertiary/aromatic N) is 3. The van der Waals surface area contributed by atoms with Gasteiger partial charge in [0.1, 0.15) is 17.3 Å². The van der Waals surface area contributed by atoms with Crippen LogP contribution in [0.5, 0.6) is 0 Å². The summed E-state index contributed by atoms with van der Waals surface area (Å²) in [5.74, 6) is 0. The van der Waals surface area contributed by atoms with E-state index in [0.29, 0.717) is 5.69 Å². The molecule has 1 aliphatic rings. The predicted molar refractivity (Wildman–Crippen MR) is 66.9 cm³/mol. The first kappa shape index (κ1) is 12.3. The highest BCUT2D eigenvalue weighted by molar-refractivity contribution is 5.68. The molecule has 1 aromatic carbocycles. The molecule has 0 spiro atoms. The standard InChI is InChI=1S/C12H14N4O2/c13-9-10-5-4-6-11(12(10)16(17)18)14-15-7-2-1-3-8-15/h4-6,14H,1-3,7-8H2. The molecule has 0 unspecified atom stereocenters. The van der Waals surface area contributed by atoms with Gasteiger partial charge in [-0.05, 0) is 25.0 Å². The van der Waals surface area contributed by atoms with Crippen LogP contribution >= 0.6 is 0 Å². The minimum Gasteiger partial charge on any atom is -0.313 e. The zero-order valence-electron chi connectivity index (χ0n) is 9.93. The highest BCUT2D eigenvalue weighted by Gasteiger charge is 2.21. The second-order valence-corrected chi connectivity index (χ2v) is 4.23. The maximum atomic E-state index is 11.0. The average molecular weight is 246 g/mol. The topological polar surface area (TPSA) is 82.2 Å². The lowest BCUT2D eigenvalue weighted by Gasteiger charge is -2.27. The molecule has 1 aliphatic heterocycles. The molecule has 6 heteroatoms. The first-order valence-corrected chi connectivity index (χ1v) is 5.91. The van der Waals surface area contributed by atoms with Crippen molar-refractivity contribution in [2.24, 2.45) is 0 Å². The molecule has 0 amide bonds. The zero-order valence-corrected chi connectivity index (χ0v) is 9.93. The number of nitro benzene ring substituents is 1. The molecule has 0 radical (unpaired) electrons. The third-order valence-corrected chi connectivity index (χ3v) is 2.97. The van der Waals surface area contributed by atoms with Gasteiger partial charge in [-0.3, -0.25) is 10.1 Å². The van der Waals surface area contributed by atoms with Crippen LogP contribution in [0.2, 0.25) is 0 Å². The second kappa shape index (κ2) is 5.47. The number of anilines is 1. The molecule has 1 N–H and O–H groups in total. The Morgan fingerprint density at radius 2 is 2.06 bits per heavy atom. The minimum absolute atomic E-state index is 0.0852. The largest absolute Gasteiger partial charge is 0.313 e. The van der Waals surface area contributed by atoms with Crippen molar-refractivity contribution >= 4 is 11.4 Å². The van der Waals surface area contributed by atoms with Crippen LogP contribution in [0.3, 0.4) is 0 Å². The number of rotatable bonds is 3. The molecule has 0 atom stereocenters. The van der Waals surface area contributed by atoms with E-state index in [9.17, 15) is 10.1 Å². The number of hydrazine groups is 1. The molecular weight excluding hydrogens is 232 g/mol. The van der Waals surface area contributed by atoms with Gasteiger partial charge in [0.25, 0.3) is 0 Å². The summed E-state index contributed by atoms with van der Waals surface area (Å²) in [5.41, 5.74) is 3.37. The van der Waals surface area contributed by atoms with Crippen molar-refractivity contribution in [1.29, 1.82) is 5.26 Å². The van der Waals surface area contributed by atoms with Gasteiger partial charge in [-0.25, -0.2) is 5.01 Å². The van der Waals surface area contributed by atoms with E-state index in [-0.39, 0.29) is 11.3 Å². The molecule has 1 saturated heterocycles. The quantitative estimate of drug-likeness (QED) is 0.653. The molecule has 18 heavy (non-hydrogen) atoms. The Balaban J connectivity index is 2.26. The Hall–Kier alpha value is -2.13. The third kappa shape index (κ3) is 2.57. The lowest BCUT2D eigenvalue weighted by atomic mass is 10.1. The number of nitrogens with one attached hydrogen (secondary N) is 1. The van der Waals surface area contributed by atoms with Gasteiger partial charge in [-0.1, -0.05) is 12.5 Å². The van der Waals surface area contributed by atoms with Crippen LogP contribution in [-0.4, -0.2) is 23.0 Å². The van der Waals surface area contributed by atoms with Gasteiger partial charge < -0.3 is 5.43 Å². The second-order valence-electron chi connectivity index (χ2n) is 4.23. The molecule has 0 saturated carbocycles. The van der Waals surface area contributed by atoms with Crippen LogP contribution in [0.4, 0.5) is 11.4 Å². The molecule has 1 heterocycles. The molecule has 0 bridgehead atoms. The number of hydrogen-bond donors (Lipinski definition) is 1. The van der Waals surface area contributed by atoms with E-state index >= 15 is 0 Å². The fraction of sp³-hybridized carbons (Fsp3) is 0.417. The molecular formula is C12H14N4O2. The Bertz CT molecular complexity index is 489. The first-order valence-electron chi connectivity index (χ1n) is 5.91. The maximum Gasteiger partial charge on any atom is 0.311 e. The summed E-state index contributed by atoms with van der Waals surface area (Å²) in [7, 11) is 0. The van der Waals surface area contributed by atoms with Gasteiger partial charge >= 0.3 is 5.69 Å². The van der Waals surface area contributed by atoms with Gasteiger partial charge in [0.15, 0.2) is 0 Å². The van der Waals surface area contributed by atoms with Gasteiger partial charge in [0, 0.05) is 13.1 Å². The highest BCUT2D eigenvalue weighted by Crippen LogP contribution is 2.28. The molecule has 1 aromatic rings. The number of nitriles is 1. The normalized spacial score (nSPS) is 15.9. The predicted octanol–water partition coefficient (Wildman–Crippen LogP) is 2.28. The van der Waals surface area contributed by atoms with Crippen LogP contribution in [0.1, 0.15) is 24.8 Å². The van der Waals surface area contributed by atoms with Crippen molar-refractivity contribution in [2.45, 2.75) is 19.3 Å². The molecule has 0 aromatic heterocycles. The Morgan fingerprint density at radius 1 is 1.33 bits per heavy atom. The molecule has 1 fully saturated rings. The van der Waals surface area contributed by atoms with Crippen LogP contribution < -0.4 is 5.43 Å². The summed E-state index contributed by atoms with van der Waals surface area (Å²) in [5, 5.41) is 21.9. The molecule has 0 aliphatic carbocycles. The minimum atomic E-state index is -0.509. The fourth-order valence-electron chi connectivity index (χ4n) is 2.10. The third-order valence-electron chi connectivity index (χ3n) is 2.97. The van der Waals surface area contributed by atoms with E-state index in [4.69, 9.17) is 5.26 Å². The average Bonchev–Trinajstić information content (AvgIpc) is 2.39. The van der Waals surface area contributed by atoms with Crippen molar-refractivity contribution in [3.8, 4) is 6.07 Å². The Morgan fingerprint density at radius 3 is 2.67 bits per heavy atom. The molecule has 2 rings (SSSR count). The Kier molecular flexibility index (Phi) is 3.75. The van der Waals surface area contributed by atoms with Crippen LogP contribution in [0, 0.1) is 21.4 Å². The number of piperidine rings is 1. The number of hydrogen-bond acceptors (Lipinski definition) is 5. The van der Waals surface area contributed by atoms with Gasteiger partial charge in [0.05, 0.1) is 4.92 Å². The smallest absolute Gasteiger partial charge is 0.311 e. The lowest BCUT2D eigenvalue weighted by Crippen LogP contribution is -2.35. The summed E-state index contributed by atoms with van der Waals surface area (Å²) in [6, 6.07) is 6.60. The van der Waals surface area contributed by atoms with Crippen LogP contribution in [0.15, 0.2) is 18.2 Å². The molecule has 94 valence electrons. The first-order chi connectivity index (χ1) is 8.72. The van der Waals surface area contributed by atoms with Crippen LogP contribution in [0.25, 0.3) is 0 Å². The van der Waals surface area contributed by atoms with Crippen molar-refractivity contribution in [1.82, 2.24) is 5.01 Å². The monoisotopic (exact) mass is 246 g/mol. The number of benzene rings is 1. The van der Waals surface area contributed by atoms with Crippen LogP contribution in [-0.2, 0) is 0 Å². The summed E-state index contributed by atoms with van der Waals surface area (Å²) >= 11 is 0. The zero-order chi connectivity index (χ0) is 13.0. The van der Waals surface area contributed by atoms with E-state index in [0.717, 1.165) is 25.9 Å². The summed E-state index contributed by atoms with van der Waals surface area (Å²) in [4.78, 5) is 10.5. The summed E-state index contributed by atoms with van der Waals surface area (Å²) < 4.78 is 0. The Labute approximate surface area is 105 Å². The lowest BCUT2D eigenvalue weighted by molar-refractivity contribution is -0.384. The van der Waals surface area contributed by atoms with Crippen molar-refractivity contribution in [2.75, 3.05) is 18.5 Å². The SMILES string of the molecule is N#Cc1cccc(NN2CCCCC2)c1[N+](=O)[O-]. The van der Waals surface area contributed by atoms with Crippen molar-refractivity contribution in [3.63, 3.8) is 0 Å². The van der Waals surface area contributed by atoms with E-state index in [1.54, 1.807) is 12.1 Å². The van der Waals surface area contributed by atoms with E-state index in [1.807, 2.05) is 11.1 Å². The van der Waals surface area contributed by atoms with E-state index in [1.165, 1.54) is 12.5 Å². The van der Waals surface area contributed by atoms with Gasteiger partial charge in [-0.15, -0.1) is 0 Å². The number of para-hydroxylation sites is 1. The van der Waals surface area contributed by atoms with Crippen molar-refractivity contribution in [3.05, 3.63) is 33.9 Å². The molecule has 6 nitrogen and oxygen atoms in total. The van der Waals surface area contributed by atoms with Gasteiger partial charge in [-0.2, -0.15) is 5.26 Å². The maximum absolute atomic E-state index is 11.0. The summed E-state index contributed by atoms with van der Waals surface area (Å²) in [6.07, 6.45) is 3.36. The summed E-state index contributed by atoms with van der Waals surface area (Å²) in [6.45, 7) is 1.74.